The first-order valence-electron chi connectivity index (χ1n) is 7.45. The Morgan fingerprint density at radius 2 is 2.14 bits per heavy atom. The van der Waals surface area contributed by atoms with Crippen molar-refractivity contribution in [2.24, 2.45) is 5.92 Å². The standard InChI is InChI=1S/C17H22N2O2/c1-3-13-4-6-14(7-5-13)16-12-19(11-9-18)10-8-15(16)17(20)21-2/h4-7,15-16H,3,8,10-12H2,1-2H3. The van der Waals surface area contributed by atoms with E-state index < -0.39 is 0 Å². The van der Waals surface area contributed by atoms with E-state index in [2.05, 4.69) is 42.2 Å². The summed E-state index contributed by atoms with van der Waals surface area (Å²) >= 11 is 0. The monoisotopic (exact) mass is 286 g/mol. The summed E-state index contributed by atoms with van der Waals surface area (Å²) in [5, 5.41) is 8.88. The molecule has 112 valence electrons. The van der Waals surface area contributed by atoms with Crippen molar-refractivity contribution >= 4 is 5.97 Å². The van der Waals surface area contributed by atoms with Crippen LogP contribution in [0.2, 0.25) is 0 Å². The summed E-state index contributed by atoms with van der Waals surface area (Å²) in [6, 6.07) is 10.6. The molecule has 1 heterocycles. The van der Waals surface area contributed by atoms with Gasteiger partial charge >= 0.3 is 5.97 Å². The average molecular weight is 286 g/mol. The Labute approximate surface area is 126 Å². The number of benzene rings is 1. The van der Waals surface area contributed by atoms with Crippen LogP contribution in [0.25, 0.3) is 0 Å². The molecule has 0 aliphatic carbocycles. The van der Waals surface area contributed by atoms with Gasteiger partial charge < -0.3 is 4.74 Å². The van der Waals surface area contributed by atoms with Crippen molar-refractivity contribution in [3.05, 3.63) is 35.4 Å². The topological polar surface area (TPSA) is 53.3 Å². The Bertz CT molecular complexity index is 519. The van der Waals surface area contributed by atoms with Crippen LogP contribution in [0.5, 0.6) is 0 Å². The molecule has 0 spiro atoms. The molecule has 0 bridgehead atoms. The molecule has 1 saturated heterocycles. The molecule has 0 radical (unpaired) electrons. The van der Waals surface area contributed by atoms with Crippen LogP contribution in [0, 0.1) is 17.2 Å². The van der Waals surface area contributed by atoms with Gasteiger partial charge in [-0.2, -0.15) is 5.26 Å². The SMILES string of the molecule is CCc1ccc(C2CN(CC#N)CCC2C(=O)OC)cc1. The maximum Gasteiger partial charge on any atom is 0.309 e. The molecule has 2 atom stereocenters. The molecule has 0 amide bonds. The third kappa shape index (κ3) is 3.62. The van der Waals surface area contributed by atoms with Crippen molar-refractivity contribution in [3.63, 3.8) is 0 Å². The van der Waals surface area contributed by atoms with E-state index in [4.69, 9.17) is 10.00 Å². The van der Waals surface area contributed by atoms with Crippen molar-refractivity contribution in [2.45, 2.75) is 25.7 Å². The zero-order valence-corrected chi connectivity index (χ0v) is 12.7. The van der Waals surface area contributed by atoms with Gasteiger partial charge in [0, 0.05) is 19.0 Å². The number of carbonyl (C=O) groups is 1. The molecular weight excluding hydrogens is 264 g/mol. The normalized spacial score (nSPS) is 22.5. The Kier molecular flexibility index (Phi) is 5.35. The third-order valence-corrected chi connectivity index (χ3v) is 4.31. The molecule has 2 unspecified atom stereocenters. The summed E-state index contributed by atoms with van der Waals surface area (Å²) in [6.07, 6.45) is 1.75. The first kappa shape index (κ1) is 15.5. The van der Waals surface area contributed by atoms with Crippen molar-refractivity contribution < 1.29 is 9.53 Å². The van der Waals surface area contributed by atoms with Gasteiger partial charge in [-0.15, -0.1) is 0 Å². The number of piperidine rings is 1. The maximum absolute atomic E-state index is 12.0. The second kappa shape index (κ2) is 7.24. The summed E-state index contributed by atoms with van der Waals surface area (Å²) < 4.78 is 4.96. The Balaban J connectivity index is 2.23. The molecule has 1 fully saturated rings. The predicted octanol–water partition coefficient (Wildman–Crippen LogP) is 2.35. The summed E-state index contributed by atoms with van der Waals surface area (Å²) in [6.45, 7) is 4.05. The largest absolute Gasteiger partial charge is 0.469 e. The molecule has 1 aliphatic rings. The maximum atomic E-state index is 12.0. The van der Waals surface area contributed by atoms with E-state index in [0.717, 1.165) is 31.5 Å². The highest BCUT2D eigenvalue weighted by Crippen LogP contribution is 2.33. The Hall–Kier alpha value is -1.86. The van der Waals surface area contributed by atoms with Crippen LogP contribution in [0.15, 0.2) is 24.3 Å². The zero-order valence-electron chi connectivity index (χ0n) is 12.7. The molecule has 4 heteroatoms. The fourth-order valence-corrected chi connectivity index (χ4v) is 3.03. The molecule has 1 aromatic rings. The average Bonchev–Trinajstić information content (AvgIpc) is 2.54. The van der Waals surface area contributed by atoms with Gasteiger partial charge in [-0.3, -0.25) is 9.69 Å². The molecule has 1 aliphatic heterocycles. The van der Waals surface area contributed by atoms with E-state index in [-0.39, 0.29) is 17.8 Å². The number of hydrogen-bond donors (Lipinski definition) is 0. The lowest BCUT2D eigenvalue weighted by molar-refractivity contribution is -0.147. The van der Waals surface area contributed by atoms with Gasteiger partial charge in [-0.05, 0) is 24.0 Å². The van der Waals surface area contributed by atoms with Crippen molar-refractivity contribution in [3.8, 4) is 6.07 Å². The smallest absolute Gasteiger partial charge is 0.309 e. The number of hydrogen-bond acceptors (Lipinski definition) is 4. The number of esters is 1. The minimum Gasteiger partial charge on any atom is -0.469 e. The summed E-state index contributed by atoms with van der Waals surface area (Å²) in [5.41, 5.74) is 2.45. The molecule has 0 N–H and O–H groups in total. The highest BCUT2D eigenvalue weighted by molar-refractivity contribution is 5.73. The summed E-state index contributed by atoms with van der Waals surface area (Å²) in [5.74, 6) is -0.154. The molecule has 4 nitrogen and oxygen atoms in total. The molecule has 2 rings (SSSR count). The van der Waals surface area contributed by atoms with E-state index in [1.54, 1.807) is 0 Å². The van der Waals surface area contributed by atoms with Crippen LogP contribution in [-0.2, 0) is 16.0 Å². The highest BCUT2D eigenvalue weighted by Gasteiger charge is 2.35. The lowest BCUT2D eigenvalue weighted by Gasteiger charge is -2.36. The number of ether oxygens (including phenoxy) is 1. The second-order valence-electron chi connectivity index (χ2n) is 5.51. The highest BCUT2D eigenvalue weighted by atomic mass is 16.5. The molecule has 1 aromatic carbocycles. The van der Waals surface area contributed by atoms with Crippen LogP contribution >= 0.6 is 0 Å². The number of nitrogens with zero attached hydrogens (tertiary/aromatic N) is 2. The molecule has 0 aromatic heterocycles. The van der Waals surface area contributed by atoms with E-state index in [1.807, 2.05) is 0 Å². The van der Waals surface area contributed by atoms with E-state index >= 15 is 0 Å². The molecule has 21 heavy (non-hydrogen) atoms. The number of rotatable bonds is 4. The lowest BCUT2D eigenvalue weighted by Crippen LogP contribution is -2.42. The minimum absolute atomic E-state index is 0.102. The van der Waals surface area contributed by atoms with Gasteiger partial charge in [0.2, 0.25) is 0 Å². The summed E-state index contributed by atoms with van der Waals surface area (Å²) in [7, 11) is 1.45. The van der Waals surface area contributed by atoms with Gasteiger partial charge in [0.05, 0.1) is 25.6 Å². The summed E-state index contributed by atoms with van der Waals surface area (Å²) in [4.78, 5) is 14.1. The lowest BCUT2D eigenvalue weighted by atomic mass is 9.80. The van der Waals surface area contributed by atoms with Crippen molar-refractivity contribution in [1.29, 1.82) is 5.26 Å². The fraction of sp³-hybridized carbons (Fsp3) is 0.529. The molecular formula is C17H22N2O2. The number of carbonyl (C=O) groups excluding carboxylic acids is 1. The van der Waals surface area contributed by atoms with Crippen LogP contribution in [0.3, 0.4) is 0 Å². The zero-order chi connectivity index (χ0) is 15.2. The Morgan fingerprint density at radius 3 is 2.71 bits per heavy atom. The predicted molar refractivity (Wildman–Crippen MR) is 80.7 cm³/mol. The first-order chi connectivity index (χ1) is 10.2. The Morgan fingerprint density at radius 1 is 1.43 bits per heavy atom. The van der Waals surface area contributed by atoms with Crippen LogP contribution in [-0.4, -0.2) is 37.6 Å². The van der Waals surface area contributed by atoms with E-state index in [9.17, 15) is 4.79 Å². The fourth-order valence-electron chi connectivity index (χ4n) is 3.03. The van der Waals surface area contributed by atoms with Crippen LogP contribution in [0.4, 0.5) is 0 Å². The number of aryl methyl sites for hydroxylation is 1. The van der Waals surface area contributed by atoms with Gasteiger partial charge in [0.1, 0.15) is 0 Å². The quantitative estimate of drug-likeness (QED) is 0.630. The first-order valence-corrected chi connectivity index (χ1v) is 7.45. The van der Waals surface area contributed by atoms with Gasteiger partial charge in [0.25, 0.3) is 0 Å². The second-order valence-corrected chi connectivity index (χ2v) is 5.51. The van der Waals surface area contributed by atoms with E-state index in [0.29, 0.717) is 6.54 Å². The number of methoxy groups -OCH3 is 1. The molecule has 0 saturated carbocycles. The van der Waals surface area contributed by atoms with Crippen LogP contribution < -0.4 is 0 Å². The van der Waals surface area contributed by atoms with Crippen LogP contribution in [0.1, 0.15) is 30.4 Å². The van der Waals surface area contributed by atoms with E-state index in [1.165, 1.54) is 12.7 Å². The number of likely N-dealkylation sites (tertiary alicyclic amines) is 1. The third-order valence-electron chi connectivity index (χ3n) is 4.31. The van der Waals surface area contributed by atoms with Crippen molar-refractivity contribution in [1.82, 2.24) is 4.90 Å². The van der Waals surface area contributed by atoms with Gasteiger partial charge in [-0.1, -0.05) is 31.2 Å². The minimum atomic E-state index is -0.142. The van der Waals surface area contributed by atoms with Crippen molar-refractivity contribution in [2.75, 3.05) is 26.7 Å². The number of nitriles is 1. The van der Waals surface area contributed by atoms with Gasteiger partial charge in [-0.25, -0.2) is 0 Å². The van der Waals surface area contributed by atoms with Gasteiger partial charge in [0.15, 0.2) is 0 Å².